The van der Waals surface area contributed by atoms with Crippen molar-refractivity contribution in [2.24, 2.45) is 5.92 Å². The van der Waals surface area contributed by atoms with Gasteiger partial charge in [-0.2, -0.15) is 0 Å². The number of anilines is 1. The van der Waals surface area contributed by atoms with Gasteiger partial charge in [-0.05, 0) is 18.6 Å². The Morgan fingerprint density at radius 1 is 1.43 bits per heavy atom. The average molecular weight is 355 g/mol. The van der Waals surface area contributed by atoms with Crippen molar-refractivity contribution in [1.82, 2.24) is 20.4 Å². The van der Waals surface area contributed by atoms with Crippen LogP contribution in [0.4, 0.5) is 5.13 Å². The third-order valence-electron chi connectivity index (χ3n) is 4.07. The van der Waals surface area contributed by atoms with Crippen LogP contribution in [-0.4, -0.2) is 58.3 Å². The number of amides is 2. The molecule has 2 N–H and O–H groups in total. The molecule has 2 aliphatic rings. The Morgan fingerprint density at radius 3 is 3.13 bits per heavy atom. The van der Waals surface area contributed by atoms with E-state index in [1.807, 2.05) is 0 Å². The van der Waals surface area contributed by atoms with Crippen molar-refractivity contribution in [1.29, 1.82) is 0 Å². The average Bonchev–Trinajstić information content (AvgIpc) is 2.76. The Kier molecular flexibility index (Phi) is 5.50. The molecular formula is C14H21N5O2S2. The van der Waals surface area contributed by atoms with Gasteiger partial charge in [-0.15, -0.1) is 10.2 Å². The molecule has 3 rings (SSSR count). The second-order valence-corrected chi connectivity index (χ2v) is 8.37. The standard InChI is InChI=1S/C14H21N5O2S2/c1-2-22-14-18-17-13(23-14)16-11(20)8-19-6-9-4-3-5-10(7-19)15-12(9)21/h9-10H,2-8H2,1H3,(H,15,21)(H,16,17,20)/t9-,10+/m1/s1. The number of thioether (sulfide) groups is 1. The minimum Gasteiger partial charge on any atom is -0.352 e. The summed E-state index contributed by atoms with van der Waals surface area (Å²) in [7, 11) is 0. The number of nitrogens with one attached hydrogen (secondary N) is 2. The molecular weight excluding hydrogens is 334 g/mol. The molecule has 7 nitrogen and oxygen atoms in total. The molecule has 3 heterocycles. The van der Waals surface area contributed by atoms with E-state index in [9.17, 15) is 9.59 Å². The molecule has 2 saturated heterocycles. The van der Waals surface area contributed by atoms with Gasteiger partial charge >= 0.3 is 0 Å². The van der Waals surface area contributed by atoms with Gasteiger partial charge in [-0.3, -0.25) is 19.8 Å². The maximum absolute atomic E-state index is 12.2. The van der Waals surface area contributed by atoms with E-state index in [-0.39, 0.29) is 30.3 Å². The number of rotatable bonds is 5. The Balaban J connectivity index is 1.55. The summed E-state index contributed by atoms with van der Waals surface area (Å²) < 4.78 is 0.863. The van der Waals surface area contributed by atoms with Crippen LogP contribution in [0.2, 0.25) is 0 Å². The van der Waals surface area contributed by atoms with Crippen molar-refractivity contribution in [2.45, 2.75) is 36.6 Å². The molecule has 2 amide bonds. The molecule has 0 spiro atoms. The fourth-order valence-corrected chi connectivity index (χ4v) is 4.74. The lowest BCUT2D eigenvalue weighted by atomic mass is 9.99. The van der Waals surface area contributed by atoms with Crippen LogP contribution in [-0.2, 0) is 9.59 Å². The Bertz CT molecular complexity index is 579. The second-order valence-electron chi connectivity index (χ2n) is 5.88. The highest BCUT2D eigenvalue weighted by molar-refractivity contribution is 8.01. The van der Waals surface area contributed by atoms with Crippen LogP contribution >= 0.6 is 23.1 Å². The maximum Gasteiger partial charge on any atom is 0.240 e. The van der Waals surface area contributed by atoms with Gasteiger partial charge in [0.2, 0.25) is 16.9 Å². The van der Waals surface area contributed by atoms with Crippen LogP contribution in [0.25, 0.3) is 0 Å². The van der Waals surface area contributed by atoms with Crippen LogP contribution in [0.15, 0.2) is 4.34 Å². The molecule has 126 valence electrons. The van der Waals surface area contributed by atoms with E-state index >= 15 is 0 Å². The van der Waals surface area contributed by atoms with Gasteiger partial charge in [0.25, 0.3) is 0 Å². The number of hydrogen-bond acceptors (Lipinski definition) is 7. The van der Waals surface area contributed by atoms with Crippen molar-refractivity contribution in [3.63, 3.8) is 0 Å². The number of carbonyl (C=O) groups is 2. The number of aromatic nitrogens is 2. The quantitative estimate of drug-likeness (QED) is 0.609. The molecule has 2 aliphatic heterocycles. The molecule has 2 fully saturated rings. The summed E-state index contributed by atoms with van der Waals surface area (Å²) in [4.78, 5) is 26.3. The van der Waals surface area contributed by atoms with Crippen LogP contribution in [0.5, 0.6) is 0 Å². The lowest BCUT2D eigenvalue weighted by Crippen LogP contribution is -2.42. The summed E-state index contributed by atoms with van der Waals surface area (Å²) in [5.41, 5.74) is 0. The van der Waals surface area contributed by atoms with E-state index in [2.05, 4.69) is 32.7 Å². The number of hydrogen-bond donors (Lipinski definition) is 2. The Hall–Kier alpha value is -1.19. The first-order valence-corrected chi connectivity index (χ1v) is 9.73. The SMILES string of the molecule is CCSc1nnc(NC(=O)CN2C[C@@H]3CCC[C@H](C2)C(=O)N3)s1. The third kappa shape index (κ3) is 4.42. The minimum atomic E-state index is -0.0957. The first kappa shape index (κ1) is 16.7. The number of fused-ring (bicyclic) bond motifs is 3. The number of nitrogens with zero attached hydrogens (tertiary/aromatic N) is 3. The van der Waals surface area contributed by atoms with Crippen molar-refractivity contribution < 1.29 is 9.59 Å². The Morgan fingerprint density at radius 2 is 2.30 bits per heavy atom. The predicted molar refractivity (Wildman–Crippen MR) is 90.6 cm³/mol. The van der Waals surface area contributed by atoms with Gasteiger partial charge in [0.1, 0.15) is 0 Å². The fourth-order valence-electron chi connectivity index (χ4n) is 3.08. The highest BCUT2D eigenvalue weighted by atomic mass is 32.2. The lowest BCUT2D eigenvalue weighted by molar-refractivity contribution is -0.125. The third-order valence-corrected chi connectivity index (χ3v) is 5.92. The topological polar surface area (TPSA) is 87.2 Å². The van der Waals surface area contributed by atoms with Gasteiger partial charge in [0.05, 0.1) is 12.5 Å². The van der Waals surface area contributed by atoms with Crippen molar-refractivity contribution in [3.05, 3.63) is 0 Å². The van der Waals surface area contributed by atoms with Crippen molar-refractivity contribution in [2.75, 3.05) is 30.7 Å². The van der Waals surface area contributed by atoms with E-state index in [1.165, 1.54) is 11.3 Å². The molecule has 9 heteroatoms. The van der Waals surface area contributed by atoms with Gasteiger partial charge in [0.15, 0.2) is 4.34 Å². The molecule has 0 aliphatic carbocycles. The molecule has 0 saturated carbocycles. The molecule has 1 aromatic heterocycles. The van der Waals surface area contributed by atoms with Gasteiger partial charge in [-0.1, -0.05) is 36.4 Å². The number of likely N-dealkylation sites (tertiary alicyclic amines) is 1. The van der Waals surface area contributed by atoms with Gasteiger partial charge in [0, 0.05) is 19.1 Å². The summed E-state index contributed by atoms with van der Waals surface area (Å²) in [5, 5.41) is 14.4. The zero-order valence-corrected chi connectivity index (χ0v) is 14.7. The molecule has 2 atom stereocenters. The van der Waals surface area contributed by atoms with Crippen molar-refractivity contribution >= 4 is 40.0 Å². The molecule has 23 heavy (non-hydrogen) atoms. The fraction of sp³-hybridized carbons (Fsp3) is 0.714. The van der Waals surface area contributed by atoms with E-state index < -0.39 is 0 Å². The van der Waals surface area contributed by atoms with Crippen LogP contribution in [0.1, 0.15) is 26.2 Å². The summed E-state index contributed by atoms with van der Waals surface area (Å²) >= 11 is 3.00. The molecule has 2 bridgehead atoms. The first-order chi connectivity index (χ1) is 11.1. The first-order valence-electron chi connectivity index (χ1n) is 7.93. The lowest BCUT2D eigenvalue weighted by Gasteiger charge is -2.26. The van der Waals surface area contributed by atoms with E-state index in [1.54, 1.807) is 11.8 Å². The van der Waals surface area contributed by atoms with E-state index in [0.29, 0.717) is 11.7 Å². The molecule has 0 unspecified atom stereocenters. The predicted octanol–water partition coefficient (Wildman–Crippen LogP) is 1.19. The Labute approximate surface area is 143 Å². The summed E-state index contributed by atoms with van der Waals surface area (Å²) in [6, 6.07) is 0.164. The summed E-state index contributed by atoms with van der Waals surface area (Å²) in [6.45, 7) is 3.74. The van der Waals surface area contributed by atoms with Crippen LogP contribution in [0.3, 0.4) is 0 Å². The molecule has 0 radical (unpaired) electrons. The highest BCUT2D eigenvalue weighted by Gasteiger charge is 2.33. The van der Waals surface area contributed by atoms with Gasteiger partial charge in [-0.25, -0.2) is 0 Å². The monoisotopic (exact) mass is 355 g/mol. The zero-order valence-electron chi connectivity index (χ0n) is 13.1. The van der Waals surface area contributed by atoms with E-state index in [0.717, 1.165) is 35.9 Å². The zero-order chi connectivity index (χ0) is 16.2. The van der Waals surface area contributed by atoms with Crippen LogP contribution in [0, 0.1) is 5.92 Å². The number of carbonyl (C=O) groups excluding carboxylic acids is 2. The van der Waals surface area contributed by atoms with Gasteiger partial charge < -0.3 is 5.32 Å². The highest BCUT2D eigenvalue weighted by Crippen LogP contribution is 2.25. The summed E-state index contributed by atoms with van der Waals surface area (Å²) in [5.74, 6) is 0.979. The minimum absolute atomic E-state index is 0.00406. The maximum atomic E-state index is 12.2. The normalized spacial score (nSPS) is 24.8. The van der Waals surface area contributed by atoms with Crippen molar-refractivity contribution in [3.8, 4) is 0 Å². The smallest absolute Gasteiger partial charge is 0.240 e. The molecule has 0 aromatic carbocycles. The van der Waals surface area contributed by atoms with Crippen LogP contribution < -0.4 is 10.6 Å². The van der Waals surface area contributed by atoms with E-state index in [4.69, 9.17) is 0 Å². The summed E-state index contributed by atoms with van der Waals surface area (Å²) in [6.07, 6.45) is 2.99. The second kappa shape index (κ2) is 7.59. The molecule has 1 aromatic rings. The largest absolute Gasteiger partial charge is 0.352 e.